The Bertz CT molecular complexity index is 658. The molecule has 22 heavy (non-hydrogen) atoms. The Morgan fingerprint density at radius 1 is 1.14 bits per heavy atom. The van der Waals surface area contributed by atoms with Crippen molar-refractivity contribution in [1.82, 2.24) is 5.32 Å². The van der Waals surface area contributed by atoms with Crippen LogP contribution in [0.4, 0.5) is 5.69 Å². The first-order valence-electron chi connectivity index (χ1n) is 7.08. The average molecular weight is 316 g/mol. The molecule has 1 aromatic carbocycles. The Hall–Kier alpha value is -2.14. The number of benzene rings is 1. The maximum absolute atomic E-state index is 12.2. The van der Waals surface area contributed by atoms with Gasteiger partial charge in [-0.15, -0.1) is 11.3 Å². The first-order chi connectivity index (χ1) is 10.4. The normalized spacial score (nSPS) is 11.0. The Morgan fingerprint density at radius 2 is 1.91 bits per heavy atom. The van der Waals surface area contributed by atoms with Gasteiger partial charge < -0.3 is 10.6 Å². The SMILES string of the molecule is CC(C)(C)C(=O)Nc1cccc(C(=O)NCc2cccs2)c1. The van der Waals surface area contributed by atoms with Crippen LogP contribution in [0.15, 0.2) is 41.8 Å². The Balaban J connectivity index is 2.01. The van der Waals surface area contributed by atoms with Crippen molar-refractivity contribution in [2.45, 2.75) is 27.3 Å². The fourth-order valence-corrected chi connectivity index (χ4v) is 2.38. The van der Waals surface area contributed by atoms with E-state index in [2.05, 4.69) is 10.6 Å². The summed E-state index contributed by atoms with van der Waals surface area (Å²) in [7, 11) is 0. The van der Waals surface area contributed by atoms with E-state index in [1.54, 1.807) is 35.6 Å². The molecule has 1 aromatic heterocycles. The molecular weight excluding hydrogens is 296 g/mol. The number of hydrogen-bond acceptors (Lipinski definition) is 3. The third kappa shape index (κ3) is 4.43. The zero-order valence-corrected chi connectivity index (χ0v) is 13.8. The van der Waals surface area contributed by atoms with Gasteiger partial charge in [0.2, 0.25) is 5.91 Å². The molecule has 0 radical (unpaired) electrons. The van der Waals surface area contributed by atoms with E-state index in [0.717, 1.165) is 4.88 Å². The molecule has 2 amide bonds. The van der Waals surface area contributed by atoms with Gasteiger partial charge in [0, 0.05) is 21.5 Å². The first kappa shape index (κ1) is 16.2. The summed E-state index contributed by atoms with van der Waals surface area (Å²) in [5, 5.41) is 7.68. The van der Waals surface area contributed by atoms with Gasteiger partial charge in [-0.25, -0.2) is 0 Å². The van der Waals surface area contributed by atoms with Crippen molar-refractivity contribution in [3.63, 3.8) is 0 Å². The van der Waals surface area contributed by atoms with Crippen molar-refractivity contribution >= 4 is 28.8 Å². The van der Waals surface area contributed by atoms with Crippen LogP contribution in [-0.4, -0.2) is 11.8 Å². The maximum atomic E-state index is 12.2. The zero-order valence-electron chi connectivity index (χ0n) is 13.0. The summed E-state index contributed by atoms with van der Waals surface area (Å²) in [6.45, 7) is 6.05. The van der Waals surface area contributed by atoms with Crippen LogP contribution in [0, 0.1) is 5.41 Å². The molecule has 2 N–H and O–H groups in total. The molecule has 0 unspecified atom stereocenters. The summed E-state index contributed by atoms with van der Waals surface area (Å²) in [6, 6.07) is 10.9. The van der Waals surface area contributed by atoms with Crippen LogP contribution in [0.3, 0.4) is 0 Å². The van der Waals surface area contributed by atoms with Gasteiger partial charge in [-0.1, -0.05) is 32.9 Å². The second kappa shape index (κ2) is 6.75. The van der Waals surface area contributed by atoms with Crippen LogP contribution < -0.4 is 10.6 Å². The van der Waals surface area contributed by atoms with E-state index in [4.69, 9.17) is 0 Å². The maximum Gasteiger partial charge on any atom is 0.251 e. The summed E-state index contributed by atoms with van der Waals surface area (Å²) in [6.07, 6.45) is 0. The van der Waals surface area contributed by atoms with Gasteiger partial charge in [-0.3, -0.25) is 9.59 Å². The summed E-state index contributed by atoms with van der Waals surface area (Å²) in [5.41, 5.74) is 0.684. The Labute approximate surface area is 134 Å². The van der Waals surface area contributed by atoms with E-state index < -0.39 is 5.41 Å². The van der Waals surface area contributed by atoms with Gasteiger partial charge >= 0.3 is 0 Å². The number of carbonyl (C=O) groups excluding carboxylic acids is 2. The molecule has 0 fully saturated rings. The fourth-order valence-electron chi connectivity index (χ4n) is 1.74. The van der Waals surface area contributed by atoms with Gasteiger partial charge in [0.15, 0.2) is 0 Å². The molecule has 2 rings (SSSR count). The number of rotatable bonds is 4. The van der Waals surface area contributed by atoms with Crippen molar-refractivity contribution in [2.75, 3.05) is 5.32 Å². The van der Waals surface area contributed by atoms with Crippen molar-refractivity contribution in [1.29, 1.82) is 0 Å². The first-order valence-corrected chi connectivity index (χ1v) is 7.96. The van der Waals surface area contributed by atoms with Gasteiger partial charge in [-0.05, 0) is 29.6 Å². The van der Waals surface area contributed by atoms with Crippen LogP contribution in [0.1, 0.15) is 36.0 Å². The second-order valence-corrected chi connectivity index (χ2v) is 7.08. The number of amides is 2. The number of nitrogens with one attached hydrogen (secondary N) is 2. The lowest BCUT2D eigenvalue weighted by Gasteiger charge is -2.18. The molecule has 2 aromatic rings. The summed E-state index contributed by atoms with van der Waals surface area (Å²) in [4.78, 5) is 25.2. The molecule has 4 nitrogen and oxygen atoms in total. The highest BCUT2D eigenvalue weighted by Gasteiger charge is 2.21. The topological polar surface area (TPSA) is 58.2 Å². The lowest BCUT2D eigenvalue weighted by atomic mass is 9.95. The number of hydrogen-bond donors (Lipinski definition) is 2. The Kier molecular flexibility index (Phi) is 4.98. The van der Waals surface area contributed by atoms with Crippen molar-refractivity contribution in [3.05, 3.63) is 52.2 Å². The van der Waals surface area contributed by atoms with Crippen molar-refractivity contribution in [2.24, 2.45) is 5.41 Å². The van der Waals surface area contributed by atoms with Gasteiger partial charge in [0.25, 0.3) is 5.91 Å². The fraction of sp³-hybridized carbons (Fsp3) is 0.294. The molecule has 0 aliphatic carbocycles. The second-order valence-electron chi connectivity index (χ2n) is 6.05. The Morgan fingerprint density at radius 3 is 2.55 bits per heavy atom. The van der Waals surface area contributed by atoms with E-state index in [1.165, 1.54) is 0 Å². The summed E-state index contributed by atoms with van der Waals surface area (Å²) >= 11 is 1.60. The highest BCUT2D eigenvalue weighted by atomic mass is 32.1. The van der Waals surface area contributed by atoms with Crippen LogP contribution in [0.25, 0.3) is 0 Å². The monoisotopic (exact) mass is 316 g/mol. The molecule has 116 valence electrons. The van der Waals surface area contributed by atoms with Crippen molar-refractivity contribution < 1.29 is 9.59 Å². The molecule has 1 heterocycles. The molecule has 0 saturated heterocycles. The van der Waals surface area contributed by atoms with Gasteiger partial charge in [0.05, 0.1) is 6.54 Å². The molecular formula is C17H20N2O2S. The number of carbonyl (C=O) groups is 2. The third-order valence-corrected chi connectivity index (χ3v) is 3.94. The van der Waals surface area contributed by atoms with E-state index in [0.29, 0.717) is 17.8 Å². The molecule has 0 aliphatic heterocycles. The quantitative estimate of drug-likeness (QED) is 0.904. The van der Waals surface area contributed by atoms with E-state index >= 15 is 0 Å². The molecule has 0 bridgehead atoms. The lowest BCUT2D eigenvalue weighted by Crippen LogP contribution is -2.28. The van der Waals surface area contributed by atoms with Gasteiger partial charge in [-0.2, -0.15) is 0 Å². The van der Waals surface area contributed by atoms with Crippen LogP contribution >= 0.6 is 11.3 Å². The molecule has 0 atom stereocenters. The summed E-state index contributed by atoms with van der Waals surface area (Å²) < 4.78 is 0. The van der Waals surface area contributed by atoms with Gasteiger partial charge in [0.1, 0.15) is 0 Å². The highest BCUT2D eigenvalue weighted by molar-refractivity contribution is 7.09. The minimum absolute atomic E-state index is 0.0800. The predicted octanol–water partition coefficient (Wildman–Crippen LogP) is 3.66. The minimum atomic E-state index is -0.475. The average Bonchev–Trinajstić information content (AvgIpc) is 2.97. The standard InChI is InChI=1S/C17H20N2O2S/c1-17(2,3)16(21)19-13-7-4-6-12(10-13)15(20)18-11-14-8-5-9-22-14/h4-10H,11H2,1-3H3,(H,18,20)(H,19,21). The van der Waals surface area contributed by atoms with Crippen LogP contribution in [0.5, 0.6) is 0 Å². The predicted molar refractivity (Wildman–Crippen MR) is 90.0 cm³/mol. The largest absolute Gasteiger partial charge is 0.347 e. The van der Waals surface area contributed by atoms with Crippen LogP contribution in [0.2, 0.25) is 0 Å². The lowest BCUT2D eigenvalue weighted by molar-refractivity contribution is -0.123. The van der Waals surface area contributed by atoms with E-state index in [9.17, 15) is 9.59 Å². The number of thiophene rings is 1. The smallest absolute Gasteiger partial charge is 0.251 e. The van der Waals surface area contributed by atoms with Crippen molar-refractivity contribution in [3.8, 4) is 0 Å². The highest BCUT2D eigenvalue weighted by Crippen LogP contribution is 2.18. The summed E-state index contributed by atoms with van der Waals surface area (Å²) in [5.74, 6) is -0.232. The molecule has 5 heteroatoms. The van der Waals surface area contributed by atoms with E-state index in [1.807, 2.05) is 38.3 Å². The van der Waals surface area contributed by atoms with E-state index in [-0.39, 0.29) is 11.8 Å². The number of anilines is 1. The molecule has 0 aliphatic rings. The van der Waals surface area contributed by atoms with Crippen LogP contribution in [-0.2, 0) is 11.3 Å². The third-order valence-electron chi connectivity index (χ3n) is 3.07. The zero-order chi connectivity index (χ0) is 16.2. The minimum Gasteiger partial charge on any atom is -0.347 e. The molecule has 0 spiro atoms. The molecule has 0 saturated carbocycles.